The minimum absolute atomic E-state index is 0.774. The number of rotatable bonds is 3. The Bertz CT molecular complexity index is 172. The third-order valence-electron chi connectivity index (χ3n) is 3.85. The molecule has 2 saturated carbocycles. The van der Waals surface area contributed by atoms with Gasteiger partial charge in [0.1, 0.15) is 0 Å². The first kappa shape index (κ1) is 8.10. The van der Waals surface area contributed by atoms with E-state index in [-0.39, 0.29) is 0 Å². The van der Waals surface area contributed by atoms with Gasteiger partial charge >= 0.3 is 0 Å². The summed E-state index contributed by atoms with van der Waals surface area (Å²) in [6, 6.07) is 2.24. The maximum absolute atomic E-state index is 8.44. The first-order chi connectivity index (χ1) is 5.92. The fourth-order valence-corrected chi connectivity index (χ4v) is 3.27. The highest BCUT2D eigenvalue weighted by Gasteiger charge is 2.40. The van der Waals surface area contributed by atoms with Crippen LogP contribution in [-0.2, 0) is 0 Å². The molecule has 0 aromatic carbocycles. The van der Waals surface area contributed by atoms with Crippen molar-refractivity contribution < 1.29 is 0 Å². The zero-order valence-electron chi connectivity index (χ0n) is 7.63. The summed E-state index contributed by atoms with van der Waals surface area (Å²) in [7, 11) is 0. The summed E-state index contributed by atoms with van der Waals surface area (Å²) >= 11 is 0. The Morgan fingerprint density at radius 2 is 1.67 bits per heavy atom. The van der Waals surface area contributed by atoms with E-state index in [0.29, 0.717) is 0 Å². The average molecular weight is 163 g/mol. The van der Waals surface area contributed by atoms with E-state index in [2.05, 4.69) is 6.07 Å². The normalized spacial score (nSPS) is 38.4. The molecule has 2 fully saturated rings. The lowest BCUT2D eigenvalue weighted by atomic mass is 9.92. The number of hydrogen-bond acceptors (Lipinski definition) is 1. The van der Waals surface area contributed by atoms with Gasteiger partial charge in [-0.3, -0.25) is 0 Å². The van der Waals surface area contributed by atoms with Crippen LogP contribution < -0.4 is 0 Å². The topological polar surface area (TPSA) is 23.8 Å². The van der Waals surface area contributed by atoms with Crippen molar-refractivity contribution in [3.8, 4) is 6.07 Å². The monoisotopic (exact) mass is 163 g/mol. The Labute approximate surface area is 74.8 Å². The quantitative estimate of drug-likeness (QED) is 0.586. The summed E-state index contributed by atoms with van der Waals surface area (Å²) in [4.78, 5) is 0. The van der Waals surface area contributed by atoms with Gasteiger partial charge < -0.3 is 0 Å². The van der Waals surface area contributed by atoms with E-state index in [0.717, 1.165) is 30.6 Å². The number of hydrogen-bond donors (Lipinski definition) is 0. The molecule has 0 atom stereocenters. The highest BCUT2D eigenvalue weighted by molar-refractivity contribution is 4.91. The summed E-state index contributed by atoms with van der Waals surface area (Å²) in [5.41, 5.74) is 0. The van der Waals surface area contributed by atoms with Crippen molar-refractivity contribution in [2.75, 3.05) is 0 Å². The van der Waals surface area contributed by atoms with Crippen LogP contribution in [-0.4, -0.2) is 0 Å². The number of unbranched alkanes of at least 4 members (excludes halogenated alkanes) is 1. The Balaban J connectivity index is 1.78. The standard InChI is InChI=1S/C11H17N/c12-8-2-1-3-11-9-4-5-10(11)7-6-9/h9-11H,1-7H2. The molecule has 0 heterocycles. The van der Waals surface area contributed by atoms with Crippen molar-refractivity contribution in [2.24, 2.45) is 17.8 Å². The smallest absolute Gasteiger partial charge is 0.0621 e. The van der Waals surface area contributed by atoms with Gasteiger partial charge in [-0.25, -0.2) is 0 Å². The molecule has 0 N–H and O–H groups in total. The molecule has 0 saturated heterocycles. The van der Waals surface area contributed by atoms with E-state index in [4.69, 9.17) is 5.26 Å². The van der Waals surface area contributed by atoms with Gasteiger partial charge in [-0.1, -0.05) is 0 Å². The van der Waals surface area contributed by atoms with Crippen molar-refractivity contribution in [3.05, 3.63) is 0 Å². The van der Waals surface area contributed by atoms with Crippen molar-refractivity contribution in [3.63, 3.8) is 0 Å². The van der Waals surface area contributed by atoms with Crippen LogP contribution in [0.4, 0.5) is 0 Å². The van der Waals surface area contributed by atoms with Crippen LogP contribution in [0.15, 0.2) is 0 Å². The van der Waals surface area contributed by atoms with Crippen LogP contribution in [0.2, 0.25) is 0 Å². The molecule has 0 spiro atoms. The molecular formula is C11H17N. The molecule has 2 rings (SSSR count). The second-order valence-electron chi connectivity index (χ2n) is 4.39. The zero-order chi connectivity index (χ0) is 8.39. The largest absolute Gasteiger partial charge is 0.198 e. The van der Waals surface area contributed by atoms with E-state index in [1.165, 1.54) is 32.1 Å². The van der Waals surface area contributed by atoms with Crippen molar-refractivity contribution in [2.45, 2.75) is 44.9 Å². The molecular weight excluding hydrogens is 146 g/mol. The third kappa shape index (κ3) is 1.35. The zero-order valence-corrected chi connectivity index (χ0v) is 7.63. The predicted octanol–water partition coefficient (Wildman–Crippen LogP) is 3.12. The lowest BCUT2D eigenvalue weighted by Gasteiger charge is -2.13. The van der Waals surface area contributed by atoms with E-state index in [1.54, 1.807) is 0 Å². The van der Waals surface area contributed by atoms with E-state index >= 15 is 0 Å². The molecule has 2 aliphatic carbocycles. The molecule has 2 bridgehead atoms. The molecule has 0 aliphatic heterocycles. The van der Waals surface area contributed by atoms with Crippen LogP contribution in [0, 0.1) is 29.1 Å². The highest BCUT2D eigenvalue weighted by atomic mass is 14.5. The molecule has 0 aromatic rings. The van der Waals surface area contributed by atoms with Crippen LogP contribution in [0.25, 0.3) is 0 Å². The lowest BCUT2D eigenvalue weighted by Crippen LogP contribution is -2.05. The Morgan fingerprint density at radius 3 is 2.17 bits per heavy atom. The molecule has 0 unspecified atom stereocenters. The lowest BCUT2D eigenvalue weighted by molar-refractivity contribution is 0.369. The van der Waals surface area contributed by atoms with Crippen LogP contribution in [0.1, 0.15) is 44.9 Å². The predicted molar refractivity (Wildman–Crippen MR) is 48.4 cm³/mol. The van der Waals surface area contributed by atoms with Gasteiger partial charge in [-0.15, -0.1) is 0 Å². The van der Waals surface area contributed by atoms with Gasteiger partial charge in [0.15, 0.2) is 0 Å². The first-order valence-corrected chi connectivity index (χ1v) is 5.29. The second kappa shape index (κ2) is 3.47. The summed E-state index contributed by atoms with van der Waals surface area (Å²) in [6.07, 6.45) is 9.21. The molecule has 0 aromatic heterocycles. The minimum Gasteiger partial charge on any atom is -0.198 e. The van der Waals surface area contributed by atoms with Gasteiger partial charge in [0, 0.05) is 6.42 Å². The number of fused-ring (bicyclic) bond motifs is 2. The van der Waals surface area contributed by atoms with Crippen LogP contribution in [0.5, 0.6) is 0 Å². The van der Waals surface area contributed by atoms with Gasteiger partial charge in [-0.05, 0) is 56.3 Å². The summed E-state index contributed by atoms with van der Waals surface area (Å²) in [5, 5.41) is 8.44. The van der Waals surface area contributed by atoms with Gasteiger partial charge in [0.2, 0.25) is 0 Å². The molecule has 2 aliphatic rings. The fraction of sp³-hybridized carbons (Fsp3) is 0.909. The fourth-order valence-electron chi connectivity index (χ4n) is 3.27. The summed E-state index contributed by atoms with van der Waals surface area (Å²) in [5.74, 6) is 3.11. The third-order valence-corrected chi connectivity index (χ3v) is 3.85. The highest BCUT2D eigenvalue weighted by Crippen LogP contribution is 2.51. The van der Waals surface area contributed by atoms with Gasteiger partial charge in [0.05, 0.1) is 6.07 Å². The molecule has 0 radical (unpaired) electrons. The first-order valence-electron chi connectivity index (χ1n) is 5.29. The average Bonchev–Trinajstić information content (AvgIpc) is 2.65. The molecule has 12 heavy (non-hydrogen) atoms. The molecule has 1 nitrogen and oxygen atoms in total. The van der Waals surface area contributed by atoms with E-state index in [1.807, 2.05) is 0 Å². The Morgan fingerprint density at radius 1 is 1.08 bits per heavy atom. The molecule has 1 heteroatoms. The van der Waals surface area contributed by atoms with Gasteiger partial charge in [-0.2, -0.15) is 5.26 Å². The summed E-state index contributed by atoms with van der Waals surface area (Å²) < 4.78 is 0. The Kier molecular flexibility index (Phi) is 2.35. The number of nitrogens with zero attached hydrogens (tertiary/aromatic N) is 1. The second-order valence-corrected chi connectivity index (χ2v) is 4.39. The van der Waals surface area contributed by atoms with E-state index in [9.17, 15) is 0 Å². The molecule has 66 valence electrons. The maximum atomic E-state index is 8.44. The minimum atomic E-state index is 0.774. The van der Waals surface area contributed by atoms with Gasteiger partial charge in [0.25, 0.3) is 0 Å². The SMILES string of the molecule is N#CCCCC1C2CCC1CC2. The number of nitriles is 1. The van der Waals surface area contributed by atoms with Crippen molar-refractivity contribution >= 4 is 0 Å². The Hall–Kier alpha value is -0.510. The van der Waals surface area contributed by atoms with Crippen molar-refractivity contribution in [1.82, 2.24) is 0 Å². The summed E-state index contributed by atoms with van der Waals surface area (Å²) in [6.45, 7) is 0. The van der Waals surface area contributed by atoms with E-state index < -0.39 is 0 Å². The van der Waals surface area contributed by atoms with Crippen LogP contribution >= 0.6 is 0 Å². The van der Waals surface area contributed by atoms with Crippen LogP contribution in [0.3, 0.4) is 0 Å². The van der Waals surface area contributed by atoms with Crippen molar-refractivity contribution in [1.29, 1.82) is 5.26 Å². The maximum Gasteiger partial charge on any atom is 0.0621 e. The molecule has 0 amide bonds.